The lowest BCUT2D eigenvalue weighted by Crippen LogP contribution is -2.19. The molecule has 3 heteroatoms. The minimum atomic E-state index is -0.757. The van der Waals surface area contributed by atoms with Crippen molar-refractivity contribution in [3.05, 3.63) is 12.2 Å². The molecule has 0 spiro atoms. The fourth-order valence-corrected chi connectivity index (χ4v) is 1.48. The van der Waals surface area contributed by atoms with Crippen LogP contribution >= 0.6 is 0 Å². The first-order valence-corrected chi connectivity index (χ1v) is 5.18. The van der Waals surface area contributed by atoms with E-state index in [9.17, 15) is 4.79 Å². The van der Waals surface area contributed by atoms with Gasteiger partial charge in [0.05, 0.1) is 0 Å². The Hall–Kier alpha value is -0.830. The number of hydrogen-bond donors (Lipinski definition) is 2. The number of carbonyl (C=O) groups is 1. The van der Waals surface area contributed by atoms with Gasteiger partial charge < -0.3 is 10.8 Å². The molecule has 0 aromatic rings. The molecule has 2 atom stereocenters. The zero-order valence-electron chi connectivity index (χ0n) is 9.07. The molecule has 0 bridgehead atoms. The smallest absolute Gasteiger partial charge is 0.303 e. The lowest BCUT2D eigenvalue weighted by molar-refractivity contribution is -0.138. The van der Waals surface area contributed by atoms with Crippen LogP contribution in [-0.4, -0.2) is 17.6 Å². The van der Waals surface area contributed by atoms with Gasteiger partial charge in [-0.25, -0.2) is 0 Å². The van der Waals surface area contributed by atoms with Gasteiger partial charge in [0, 0.05) is 6.42 Å². The van der Waals surface area contributed by atoms with Gasteiger partial charge in [0.1, 0.15) is 0 Å². The van der Waals surface area contributed by atoms with E-state index in [2.05, 4.69) is 26.0 Å². The fraction of sp³-hybridized carbons (Fsp3) is 0.727. The van der Waals surface area contributed by atoms with E-state index in [-0.39, 0.29) is 12.3 Å². The van der Waals surface area contributed by atoms with E-state index in [0.717, 1.165) is 12.8 Å². The molecule has 14 heavy (non-hydrogen) atoms. The van der Waals surface area contributed by atoms with E-state index >= 15 is 0 Å². The van der Waals surface area contributed by atoms with E-state index in [1.807, 2.05) is 0 Å². The summed E-state index contributed by atoms with van der Waals surface area (Å²) < 4.78 is 0. The van der Waals surface area contributed by atoms with Gasteiger partial charge in [-0.15, -0.1) is 0 Å². The first kappa shape index (κ1) is 13.2. The highest BCUT2D eigenvalue weighted by atomic mass is 16.4. The molecule has 0 aromatic carbocycles. The number of rotatable bonds is 7. The van der Waals surface area contributed by atoms with Gasteiger partial charge in [-0.3, -0.25) is 4.79 Å². The maximum Gasteiger partial charge on any atom is 0.303 e. The van der Waals surface area contributed by atoms with Crippen LogP contribution in [0.5, 0.6) is 0 Å². The molecule has 0 aliphatic heterocycles. The fourth-order valence-electron chi connectivity index (χ4n) is 1.48. The Bertz CT molecular complexity index is 190. The largest absolute Gasteiger partial charge is 0.481 e. The van der Waals surface area contributed by atoms with Crippen molar-refractivity contribution in [1.29, 1.82) is 0 Å². The second-order valence-electron chi connectivity index (χ2n) is 3.75. The third kappa shape index (κ3) is 6.66. The minimum Gasteiger partial charge on any atom is -0.481 e. The first-order chi connectivity index (χ1) is 6.60. The molecule has 0 rings (SSSR count). The molecule has 3 N–H and O–H groups in total. The number of aliphatic carboxylic acids is 1. The number of carboxylic acids is 1. The topological polar surface area (TPSA) is 63.3 Å². The van der Waals surface area contributed by atoms with Gasteiger partial charge >= 0.3 is 5.97 Å². The average molecular weight is 199 g/mol. The monoisotopic (exact) mass is 199 g/mol. The number of nitrogens with two attached hydrogens (primary N) is 1. The summed E-state index contributed by atoms with van der Waals surface area (Å²) in [5.74, 6) is -0.237. The van der Waals surface area contributed by atoms with Crippen molar-refractivity contribution < 1.29 is 9.90 Å². The molecule has 2 unspecified atom stereocenters. The maximum atomic E-state index is 10.5. The maximum absolute atomic E-state index is 10.5. The summed E-state index contributed by atoms with van der Waals surface area (Å²) in [6.07, 6.45) is 6.31. The highest BCUT2D eigenvalue weighted by Crippen LogP contribution is 2.15. The first-order valence-electron chi connectivity index (χ1n) is 5.18. The van der Waals surface area contributed by atoms with E-state index in [0.29, 0.717) is 12.5 Å². The van der Waals surface area contributed by atoms with Crippen LogP contribution in [0.25, 0.3) is 0 Å². The summed E-state index contributed by atoms with van der Waals surface area (Å²) >= 11 is 0. The lowest BCUT2D eigenvalue weighted by atomic mass is 9.93. The van der Waals surface area contributed by atoms with Gasteiger partial charge in [0.2, 0.25) is 0 Å². The SMILES string of the molecule is CC/C=C\C(C)CC(CN)CC(=O)O. The standard InChI is InChI=1S/C11H21NO2/c1-3-4-5-9(2)6-10(8-12)7-11(13)14/h4-5,9-10H,3,6-8,12H2,1-2H3,(H,13,14)/b5-4-. The van der Waals surface area contributed by atoms with Gasteiger partial charge in [-0.05, 0) is 31.2 Å². The zero-order valence-corrected chi connectivity index (χ0v) is 9.07. The molecule has 0 aliphatic rings. The molecule has 0 saturated heterocycles. The molecule has 0 radical (unpaired) electrons. The Balaban J connectivity index is 3.91. The summed E-state index contributed by atoms with van der Waals surface area (Å²) in [7, 11) is 0. The Morgan fingerprint density at radius 1 is 1.57 bits per heavy atom. The van der Waals surface area contributed by atoms with Crippen molar-refractivity contribution in [3.8, 4) is 0 Å². The van der Waals surface area contributed by atoms with E-state index in [1.165, 1.54) is 0 Å². The average Bonchev–Trinajstić information content (AvgIpc) is 2.12. The summed E-state index contributed by atoms with van der Waals surface area (Å²) in [6.45, 7) is 4.63. The van der Waals surface area contributed by atoms with Crippen LogP contribution in [0.1, 0.15) is 33.1 Å². The predicted molar refractivity (Wildman–Crippen MR) is 58.0 cm³/mol. The molecule has 82 valence electrons. The van der Waals surface area contributed by atoms with E-state index in [1.54, 1.807) is 0 Å². The highest BCUT2D eigenvalue weighted by molar-refractivity contribution is 5.67. The van der Waals surface area contributed by atoms with Crippen LogP contribution in [0, 0.1) is 11.8 Å². The Morgan fingerprint density at radius 2 is 2.21 bits per heavy atom. The van der Waals surface area contributed by atoms with Crippen molar-refractivity contribution in [2.24, 2.45) is 17.6 Å². The predicted octanol–water partition coefficient (Wildman–Crippen LogP) is 2.03. The van der Waals surface area contributed by atoms with Gasteiger partial charge in [0.25, 0.3) is 0 Å². The molecular formula is C11H21NO2. The molecule has 0 aromatic heterocycles. The Morgan fingerprint density at radius 3 is 2.64 bits per heavy atom. The van der Waals surface area contributed by atoms with Crippen molar-refractivity contribution in [2.45, 2.75) is 33.1 Å². The van der Waals surface area contributed by atoms with Crippen LogP contribution in [0.2, 0.25) is 0 Å². The molecule has 0 amide bonds. The van der Waals surface area contributed by atoms with Gasteiger partial charge in [-0.1, -0.05) is 26.0 Å². The van der Waals surface area contributed by atoms with Crippen molar-refractivity contribution in [3.63, 3.8) is 0 Å². The molecule has 0 heterocycles. The normalized spacial score (nSPS) is 15.6. The molecule has 0 aliphatic carbocycles. The van der Waals surface area contributed by atoms with Crippen molar-refractivity contribution in [1.82, 2.24) is 0 Å². The third-order valence-electron chi connectivity index (χ3n) is 2.20. The van der Waals surface area contributed by atoms with Crippen LogP contribution in [0.15, 0.2) is 12.2 Å². The summed E-state index contributed by atoms with van der Waals surface area (Å²) in [5, 5.41) is 8.63. The number of carboxylic acid groups (broad SMARTS) is 1. The van der Waals surface area contributed by atoms with Crippen molar-refractivity contribution in [2.75, 3.05) is 6.54 Å². The number of allylic oxidation sites excluding steroid dienone is 2. The Labute approximate surface area is 86.0 Å². The molecule has 3 nitrogen and oxygen atoms in total. The lowest BCUT2D eigenvalue weighted by Gasteiger charge is -2.15. The Kier molecular flexibility index (Phi) is 7.11. The summed E-state index contributed by atoms with van der Waals surface area (Å²) in [6, 6.07) is 0. The molecule has 0 fully saturated rings. The van der Waals surface area contributed by atoms with E-state index in [4.69, 9.17) is 10.8 Å². The van der Waals surface area contributed by atoms with Gasteiger partial charge in [-0.2, -0.15) is 0 Å². The van der Waals surface area contributed by atoms with Crippen LogP contribution in [-0.2, 0) is 4.79 Å². The number of hydrogen-bond acceptors (Lipinski definition) is 2. The molecule has 0 saturated carbocycles. The van der Waals surface area contributed by atoms with Crippen molar-refractivity contribution >= 4 is 5.97 Å². The van der Waals surface area contributed by atoms with Crippen LogP contribution in [0.3, 0.4) is 0 Å². The van der Waals surface area contributed by atoms with Gasteiger partial charge in [0.15, 0.2) is 0 Å². The van der Waals surface area contributed by atoms with E-state index < -0.39 is 5.97 Å². The van der Waals surface area contributed by atoms with Crippen LogP contribution < -0.4 is 5.73 Å². The summed E-state index contributed by atoms with van der Waals surface area (Å²) in [5.41, 5.74) is 5.51. The quantitative estimate of drug-likeness (QED) is 0.617. The summed E-state index contributed by atoms with van der Waals surface area (Å²) in [4.78, 5) is 10.5. The minimum absolute atomic E-state index is 0.101. The second kappa shape index (κ2) is 7.56. The third-order valence-corrected chi connectivity index (χ3v) is 2.20. The highest BCUT2D eigenvalue weighted by Gasteiger charge is 2.13. The zero-order chi connectivity index (χ0) is 11.0. The second-order valence-corrected chi connectivity index (χ2v) is 3.75. The van der Waals surface area contributed by atoms with Crippen LogP contribution in [0.4, 0.5) is 0 Å². The molecular weight excluding hydrogens is 178 g/mol.